The second-order valence-electron chi connectivity index (χ2n) is 7.21. The monoisotopic (exact) mass is 458 g/mol. The molecule has 0 radical (unpaired) electrons. The molecule has 0 saturated carbocycles. The van der Waals surface area contributed by atoms with Gasteiger partial charge in [-0.1, -0.05) is 29.4 Å². The molecule has 0 atom stereocenters. The van der Waals surface area contributed by atoms with Crippen molar-refractivity contribution in [2.75, 3.05) is 0 Å². The summed E-state index contributed by atoms with van der Waals surface area (Å²) in [6.07, 6.45) is -4.83. The van der Waals surface area contributed by atoms with E-state index in [1.165, 1.54) is 12.1 Å². The largest absolute Gasteiger partial charge is 0.573 e. The minimum Gasteiger partial charge on any atom is -0.481 e. The third-order valence-electron chi connectivity index (χ3n) is 4.65. The summed E-state index contributed by atoms with van der Waals surface area (Å²) in [7, 11) is 0. The molecule has 0 saturated heterocycles. The van der Waals surface area contributed by atoms with Crippen molar-refractivity contribution < 1.29 is 32.3 Å². The lowest BCUT2D eigenvalue weighted by molar-refractivity contribution is -0.274. The molecular formula is C22H17F3N4O4. The minimum absolute atomic E-state index is 0.0642. The first-order valence-electron chi connectivity index (χ1n) is 9.70. The molecule has 0 aliphatic rings. The van der Waals surface area contributed by atoms with Crippen LogP contribution in [0, 0.1) is 6.92 Å². The van der Waals surface area contributed by atoms with Crippen LogP contribution in [-0.2, 0) is 17.8 Å². The highest BCUT2D eigenvalue weighted by molar-refractivity contribution is 5.70. The van der Waals surface area contributed by atoms with Gasteiger partial charge in [0.25, 0.3) is 5.89 Å². The molecule has 0 fully saturated rings. The Labute approximate surface area is 185 Å². The second-order valence-corrected chi connectivity index (χ2v) is 7.21. The van der Waals surface area contributed by atoms with E-state index in [1.54, 1.807) is 22.9 Å². The number of rotatable bonds is 7. The number of ether oxygens (including phenoxy) is 1. The Morgan fingerprint density at radius 2 is 1.85 bits per heavy atom. The van der Waals surface area contributed by atoms with Gasteiger partial charge in [-0.15, -0.1) is 13.2 Å². The Morgan fingerprint density at radius 1 is 1.12 bits per heavy atom. The SMILES string of the molecule is Cc1cc(-c2nc(-c3ccc(OC(F)(F)F)cc3)no2)nn1Cc1cccc(CC(=O)O)c1. The molecule has 0 spiro atoms. The van der Waals surface area contributed by atoms with Gasteiger partial charge in [-0.25, -0.2) is 0 Å². The van der Waals surface area contributed by atoms with Gasteiger partial charge in [-0.05, 0) is 48.4 Å². The first kappa shape index (κ1) is 22.1. The summed E-state index contributed by atoms with van der Waals surface area (Å²) in [6, 6.07) is 14.1. The predicted molar refractivity (Wildman–Crippen MR) is 109 cm³/mol. The number of carboxylic acids is 1. The number of aryl methyl sites for hydroxylation is 1. The molecule has 33 heavy (non-hydrogen) atoms. The van der Waals surface area contributed by atoms with Crippen molar-refractivity contribution in [1.29, 1.82) is 0 Å². The van der Waals surface area contributed by atoms with Crippen molar-refractivity contribution in [2.45, 2.75) is 26.3 Å². The van der Waals surface area contributed by atoms with E-state index in [9.17, 15) is 18.0 Å². The Hall–Kier alpha value is -4.15. The van der Waals surface area contributed by atoms with Crippen LogP contribution in [0.1, 0.15) is 16.8 Å². The fraction of sp³-hybridized carbons (Fsp3) is 0.182. The van der Waals surface area contributed by atoms with E-state index >= 15 is 0 Å². The number of hydrogen-bond acceptors (Lipinski definition) is 6. The number of aliphatic carboxylic acids is 1. The lowest BCUT2D eigenvalue weighted by atomic mass is 10.1. The van der Waals surface area contributed by atoms with E-state index in [1.807, 2.05) is 19.1 Å². The maximum atomic E-state index is 12.3. The molecule has 4 rings (SSSR count). The Morgan fingerprint density at radius 3 is 2.55 bits per heavy atom. The third kappa shape index (κ3) is 5.56. The van der Waals surface area contributed by atoms with Crippen LogP contribution >= 0.6 is 0 Å². The molecule has 11 heteroatoms. The number of halogens is 3. The van der Waals surface area contributed by atoms with Gasteiger partial charge in [-0.3, -0.25) is 9.48 Å². The van der Waals surface area contributed by atoms with E-state index in [0.29, 0.717) is 23.4 Å². The van der Waals surface area contributed by atoms with Gasteiger partial charge in [-0.2, -0.15) is 10.1 Å². The van der Waals surface area contributed by atoms with Gasteiger partial charge in [0, 0.05) is 11.3 Å². The summed E-state index contributed by atoms with van der Waals surface area (Å²) in [4.78, 5) is 15.2. The fourth-order valence-electron chi connectivity index (χ4n) is 3.21. The van der Waals surface area contributed by atoms with Crippen molar-refractivity contribution in [2.24, 2.45) is 0 Å². The molecule has 0 unspecified atom stereocenters. The van der Waals surface area contributed by atoms with Crippen LogP contribution < -0.4 is 4.74 Å². The smallest absolute Gasteiger partial charge is 0.481 e. The van der Waals surface area contributed by atoms with E-state index in [0.717, 1.165) is 23.4 Å². The van der Waals surface area contributed by atoms with Crippen LogP contribution in [0.5, 0.6) is 5.75 Å². The standard InChI is InChI=1S/C22H17F3N4O4/c1-13-9-18(27-29(13)12-15-4-2-3-14(10-15)11-19(30)31)21-26-20(28-33-21)16-5-7-17(8-6-16)32-22(23,24)25/h2-10H,11-12H2,1H3,(H,30,31). The lowest BCUT2D eigenvalue weighted by Gasteiger charge is -2.08. The molecule has 4 aromatic rings. The number of carbonyl (C=O) groups is 1. The highest BCUT2D eigenvalue weighted by Gasteiger charge is 2.31. The molecule has 2 aromatic carbocycles. The quantitative estimate of drug-likeness (QED) is 0.435. The third-order valence-corrected chi connectivity index (χ3v) is 4.65. The summed E-state index contributed by atoms with van der Waals surface area (Å²) in [5, 5.41) is 17.3. The topological polar surface area (TPSA) is 103 Å². The first-order chi connectivity index (χ1) is 15.7. The average molecular weight is 458 g/mol. The molecule has 2 heterocycles. The van der Waals surface area contributed by atoms with Crippen LogP contribution in [0.15, 0.2) is 59.1 Å². The van der Waals surface area contributed by atoms with Crippen molar-refractivity contribution in [1.82, 2.24) is 19.9 Å². The Kier molecular flexibility index (Phi) is 5.86. The molecule has 1 N–H and O–H groups in total. The zero-order valence-electron chi connectivity index (χ0n) is 17.2. The Balaban J connectivity index is 1.50. The van der Waals surface area contributed by atoms with Crippen molar-refractivity contribution in [3.63, 3.8) is 0 Å². The maximum Gasteiger partial charge on any atom is 0.573 e. The van der Waals surface area contributed by atoms with Gasteiger partial charge in [0.15, 0.2) is 5.69 Å². The highest BCUT2D eigenvalue weighted by atomic mass is 19.4. The van der Waals surface area contributed by atoms with E-state index in [2.05, 4.69) is 20.0 Å². The predicted octanol–water partition coefficient (Wildman–Crippen LogP) is 4.48. The maximum absolute atomic E-state index is 12.3. The minimum atomic E-state index is -4.77. The van der Waals surface area contributed by atoms with E-state index < -0.39 is 12.3 Å². The van der Waals surface area contributed by atoms with Gasteiger partial charge in [0.2, 0.25) is 5.82 Å². The van der Waals surface area contributed by atoms with Crippen LogP contribution in [-0.4, -0.2) is 37.4 Å². The van der Waals surface area contributed by atoms with Crippen molar-refractivity contribution in [3.05, 3.63) is 71.4 Å². The normalized spacial score (nSPS) is 11.5. The summed E-state index contributed by atoms with van der Waals surface area (Å²) < 4.78 is 47.8. The molecule has 0 aliphatic heterocycles. The second kappa shape index (κ2) is 8.77. The fourth-order valence-corrected chi connectivity index (χ4v) is 3.21. The van der Waals surface area contributed by atoms with Crippen LogP contribution in [0.25, 0.3) is 23.0 Å². The Bertz CT molecular complexity index is 1280. The molecule has 0 aliphatic carbocycles. The lowest BCUT2D eigenvalue weighted by Crippen LogP contribution is -2.16. The van der Waals surface area contributed by atoms with Gasteiger partial charge >= 0.3 is 12.3 Å². The molecule has 0 amide bonds. The summed E-state index contributed by atoms with van der Waals surface area (Å²) in [5.41, 5.74) is 3.29. The zero-order valence-corrected chi connectivity index (χ0v) is 17.2. The highest BCUT2D eigenvalue weighted by Crippen LogP contribution is 2.27. The van der Waals surface area contributed by atoms with Gasteiger partial charge < -0.3 is 14.4 Å². The van der Waals surface area contributed by atoms with Crippen LogP contribution in [0.2, 0.25) is 0 Å². The number of benzene rings is 2. The van der Waals surface area contributed by atoms with E-state index in [-0.39, 0.29) is 23.9 Å². The molecule has 2 aromatic heterocycles. The average Bonchev–Trinajstić information content (AvgIpc) is 3.35. The van der Waals surface area contributed by atoms with E-state index in [4.69, 9.17) is 9.63 Å². The van der Waals surface area contributed by atoms with Crippen molar-refractivity contribution >= 4 is 5.97 Å². The summed E-state index contributed by atoms with van der Waals surface area (Å²) >= 11 is 0. The van der Waals surface area contributed by atoms with Crippen LogP contribution in [0.3, 0.4) is 0 Å². The van der Waals surface area contributed by atoms with Gasteiger partial charge in [0.1, 0.15) is 5.75 Å². The number of carboxylic acid groups (broad SMARTS) is 1. The summed E-state index contributed by atoms with van der Waals surface area (Å²) in [6.45, 7) is 2.27. The number of aromatic nitrogens is 4. The molecule has 8 nitrogen and oxygen atoms in total. The molecular weight excluding hydrogens is 441 g/mol. The number of hydrogen-bond donors (Lipinski definition) is 1. The number of nitrogens with zero attached hydrogens (tertiary/aromatic N) is 4. The summed E-state index contributed by atoms with van der Waals surface area (Å²) in [5.74, 6) is -0.907. The van der Waals surface area contributed by atoms with Crippen LogP contribution in [0.4, 0.5) is 13.2 Å². The number of alkyl halides is 3. The van der Waals surface area contributed by atoms with Crippen molar-refractivity contribution in [3.8, 4) is 28.7 Å². The van der Waals surface area contributed by atoms with Gasteiger partial charge in [0.05, 0.1) is 13.0 Å². The molecule has 0 bridgehead atoms. The first-order valence-corrected chi connectivity index (χ1v) is 9.70. The zero-order chi connectivity index (χ0) is 23.6. The molecule has 170 valence electrons.